The molecule has 1 N–H and O–H groups in total. The van der Waals surface area contributed by atoms with Crippen LogP contribution in [-0.2, 0) is 0 Å². The Bertz CT molecular complexity index is 514. The molecule has 0 bridgehead atoms. The molecule has 0 saturated carbocycles. The first-order valence-corrected chi connectivity index (χ1v) is 4.81. The summed E-state index contributed by atoms with van der Waals surface area (Å²) in [4.78, 5) is 11.3. The highest BCUT2D eigenvalue weighted by Gasteiger charge is 2.09. The van der Waals surface area contributed by atoms with Crippen molar-refractivity contribution in [3.05, 3.63) is 22.5 Å². The van der Waals surface area contributed by atoms with Gasteiger partial charge in [-0.05, 0) is 6.07 Å². The van der Waals surface area contributed by atoms with Crippen LogP contribution in [0.15, 0.2) is 16.9 Å². The third-order valence-electron chi connectivity index (χ3n) is 1.98. The Morgan fingerprint density at radius 3 is 2.50 bits per heavy atom. The fraction of sp³-hybridized carbons (Fsp3) is 0.222. The molecule has 2 aromatic rings. The van der Waals surface area contributed by atoms with Crippen LogP contribution in [0, 0.1) is 0 Å². The zero-order valence-corrected chi connectivity index (χ0v) is 8.60. The van der Waals surface area contributed by atoms with E-state index in [-0.39, 0.29) is 5.56 Å². The molecule has 1 aromatic heterocycles. The van der Waals surface area contributed by atoms with Crippen LogP contribution in [0.5, 0.6) is 11.5 Å². The van der Waals surface area contributed by atoms with Crippen molar-refractivity contribution in [2.45, 2.75) is 0 Å². The minimum absolute atomic E-state index is 0.0917. The van der Waals surface area contributed by atoms with Crippen LogP contribution in [0.3, 0.4) is 0 Å². The molecule has 0 atom stereocenters. The molecule has 0 aliphatic rings. The van der Waals surface area contributed by atoms with E-state index in [1.54, 1.807) is 26.4 Å². The number of rotatable bonds is 2. The number of nitrogens with one attached hydrogen (secondary N) is 1. The average molecular weight is 211 g/mol. The van der Waals surface area contributed by atoms with Crippen molar-refractivity contribution in [2.24, 2.45) is 0 Å². The fourth-order valence-corrected chi connectivity index (χ4v) is 2.02. The zero-order chi connectivity index (χ0) is 10.1. The number of hydrogen-bond donors (Lipinski definition) is 1. The van der Waals surface area contributed by atoms with Crippen molar-refractivity contribution in [2.75, 3.05) is 14.2 Å². The number of fused-ring (bicyclic) bond motifs is 1. The molecule has 0 amide bonds. The van der Waals surface area contributed by atoms with Gasteiger partial charge in [0.05, 0.1) is 24.3 Å². The lowest BCUT2D eigenvalue weighted by Gasteiger charge is -2.05. The molecular formula is C9H9NO3S. The van der Waals surface area contributed by atoms with E-state index >= 15 is 0 Å². The van der Waals surface area contributed by atoms with Crippen LogP contribution in [0.4, 0.5) is 0 Å². The van der Waals surface area contributed by atoms with Crippen LogP contribution in [0.1, 0.15) is 0 Å². The van der Waals surface area contributed by atoms with Crippen molar-refractivity contribution in [3.8, 4) is 11.5 Å². The maximum absolute atomic E-state index is 11.3. The van der Waals surface area contributed by atoms with Gasteiger partial charge in [0.1, 0.15) is 0 Å². The van der Waals surface area contributed by atoms with E-state index in [0.717, 1.165) is 4.70 Å². The lowest BCUT2D eigenvalue weighted by Crippen LogP contribution is -1.97. The topological polar surface area (TPSA) is 51.3 Å². The van der Waals surface area contributed by atoms with Crippen LogP contribution in [0.2, 0.25) is 0 Å². The molecule has 0 saturated heterocycles. The minimum Gasteiger partial charge on any atom is -0.493 e. The summed E-state index contributed by atoms with van der Waals surface area (Å²) in [6.07, 6.45) is 0. The van der Waals surface area contributed by atoms with Crippen molar-refractivity contribution >= 4 is 21.6 Å². The maximum atomic E-state index is 11.3. The first-order chi connectivity index (χ1) is 6.76. The third kappa shape index (κ3) is 1.26. The molecule has 1 heterocycles. The Kier molecular flexibility index (Phi) is 2.17. The van der Waals surface area contributed by atoms with E-state index in [4.69, 9.17) is 9.47 Å². The molecule has 1 aromatic carbocycles. The molecule has 0 fully saturated rings. The Morgan fingerprint density at radius 2 is 1.86 bits per heavy atom. The molecule has 4 nitrogen and oxygen atoms in total. The summed E-state index contributed by atoms with van der Waals surface area (Å²) < 4.78 is 13.7. The zero-order valence-electron chi connectivity index (χ0n) is 7.79. The van der Waals surface area contributed by atoms with Gasteiger partial charge >= 0.3 is 0 Å². The second-order valence-corrected chi connectivity index (χ2v) is 3.58. The summed E-state index contributed by atoms with van der Waals surface area (Å²) in [5.74, 6) is 1.21. The standard InChI is InChI=1S/C9H9NO3S/c1-12-6-3-5-8(4-7(6)13-2)14-10-9(5)11/h3-4H,1-2H3,(H,10,11). The largest absolute Gasteiger partial charge is 0.493 e. The Labute approximate surface area is 84.2 Å². The van der Waals surface area contributed by atoms with Crippen LogP contribution < -0.4 is 15.0 Å². The van der Waals surface area contributed by atoms with E-state index in [9.17, 15) is 4.79 Å². The highest BCUT2D eigenvalue weighted by atomic mass is 32.1. The highest BCUT2D eigenvalue weighted by Crippen LogP contribution is 2.31. The van der Waals surface area contributed by atoms with Crippen LogP contribution in [0.25, 0.3) is 10.1 Å². The fourth-order valence-electron chi connectivity index (χ4n) is 1.28. The Balaban J connectivity index is 2.77. The maximum Gasteiger partial charge on any atom is 0.266 e. The molecule has 0 unspecified atom stereocenters. The highest BCUT2D eigenvalue weighted by molar-refractivity contribution is 7.13. The first kappa shape index (κ1) is 9.08. The predicted octanol–water partition coefficient (Wildman–Crippen LogP) is 1.61. The van der Waals surface area contributed by atoms with Crippen LogP contribution in [-0.4, -0.2) is 18.6 Å². The molecular weight excluding hydrogens is 202 g/mol. The SMILES string of the molecule is COc1cc2s[nH]c(=O)c2cc1OC. The van der Waals surface area contributed by atoms with E-state index in [1.807, 2.05) is 0 Å². The molecule has 0 aliphatic heterocycles. The number of aromatic amines is 1. The predicted molar refractivity (Wildman–Crippen MR) is 55.5 cm³/mol. The van der Waals surface area contributed by atoms with Gasteiger partial charge in [0, 0.05) is 6.07 Å². The van der Waals surface area contributed by atoms with Crippen molar-refractivity contribution in [1.29, 1.82) is 0 Å². The first-order valence-electron chi connectivity index (χ1n) is 3.99. The number of H-pyrrole nitrogens is 1. The number of methoxy groups -OCH3 is 2. The monoisotopic (exact) mass is 211 g/mol. The summed E-state index contributed by atoms with van der Waals surface area (Å²) in [6.45, 7) is 0. The van der Waals surface area contributed by atoms with E-state index < -0.39 is 0 Å². The number of benzene rings is 1. The van der Waals surface area contributed by atoms with Gasteiger partial charge < -0.3 is 9.47 Å². The molecule has 5 heteroatoms. The summed E-state index contributed by atoms with van der Waals surface area (Å²) in [6, 6.07) is 3.47. The van der Waals surface area contributed by atoms with Crippen molar-refractivity contribution < 1.29 is 9.47 Å². The third-order valence-corrected chi connectivity index (χ3v) is 2.83. The average Bonchev–Trinajstić information content (AvgIpc) is 2.58. The van der Waals surface area contributed by atoms with E-state index in [1.165, 1.54) is 11.5 Å². The molecule has 0 radical (unpaired) electrons. The quantitative estimate of drug-likeness (QED) is 0.821. The Morgan fingerprint density at radius 1 is 1.21 bits per heavy atom. The van der Waals surface area contributed by atoms with Crippen molar-refractivity contribution in [1.82, 2.24) is 4.37 Å². The van der Waals surface area contributed by atoms with Crippen LogP contribution >= 0.6 is 11.5 Å². The van der Waals surface area contributed by atoms with Gasteiger partial charge in [-0.15, -0.1) is 0 Å². The summed E-state index contributed by atoms with van der Waals surface area (Å²) in [7, 11) is 3.11. The van der Waals surface area contributed by atoms with E-state index in [2.05, 4.69) is 4.37 Å². The molecule has 74 valence electrons. The Hall–Kier alpha value is -1.49. The van der Waals surface area contributed by atoms with Gasteiger partial charge in [-0.3, -0.25) is 9.17 Å². The second-order valence-electron chi connectivity index (χ2n) is 2.74. The summed E-state index contributed by atoms with van der Waals surface area (Å²) in [5.41, 5.74) is -0.0917. The number of aromatic nitrogens is 1. The lowest BCUT2D eigenvalue weighted by molar-refractivity contribution is 0.356. The normalized spacial score (nSPS) is 10.4. The molecule has 0 spiro atoms. The van der Waals surface area contributed by atoms with E-state index in [0.29, 0.717) is 16.9 Å². The second kappa shape index (κ2) is 3.34. The van der Waals surface area contributed by atoms with Gasteiger partial charge in [0.2, 0.25) is 0 Å². The lowest BCUT2D eigenvalue weighted by atomic mass is 10.2. The number of hydrogen-bond acceptors (Lipinski definition) is 4. The van der Waals surface area contributed by atoms with Gasteiger partial charge in [-0.1, -0.05) is 11.5 Å². The number of ether oxygens (including phenoxy) is 2. The summed E-state index contributed by atoms with van der Waals surface area (Å²) in [5, 5.41) is 0.632. The molecule has 0 aliphatic carbocycles. The van der Waals surface area contributed by atoms with Gasteiger partial charge in [0.25, 0.3) is 5.56 Å². The molecule has 14 heavy (non-hydrogen) atoms. The van der Waals surface area contributed by atoms with Gasteiger partial charge in [-0.25, -0.2) is 0 Å². The van der Waals surface area contributed by atoms with Gasteiger partial charge in [0.15, 0.2) is 11.5 Å². The van der Waals surface area contributed by atoms with Crippen molar-refractivity contribution in [3.63, 3.8) is 0 Å². The van der Waals surface area contributed by atoms with Gasteiger partial charge in [-0.2, -0.15) is 0 Å². The smallest absolute Gasteiger partial charge is 0.266 e. The molecule has 2 rings (SSSR count). The summed E-state index contributed by atoms with van der Waals surface area (Å²) >= 11 is 1.29. The minimum atomic E-state index is -0.0917.